The molecule has 3 aromatic rings. The Morgan fingerprint density at radius 2 is 1.93 bits per heavy atom. The number of hydrogen-bond donors (Lipinski definition) is 0. The van der Waals surface area contributed by atoms with Gasteiger partial charge in [0.05, 0.1) is 22.9 Å². The second-order valence-corrected chi connectivity index (χ2v) is 7.37. The molecule has 1 aliphatic heterocycles. The van der Waals surface area contributed by atoms with Crippen LogP contribution in [-0.4, -0.2) is 45.6 Å². The smallest absolute Gasteiger partial charge is 0.261 e. The molecule has 1 aliphatic rings. The summed E-state index contributed by atoms with van der Waals surface area (Å²) < 4.78 is 6.96. The van der Waals surface area contributed by atoms with Gasteiger partial charge in [0.25, 0.3) is 5.56 Å². The van der Waals surface area contributed by atoms with Crippen LogP contribution in [0.2, 0.25) is 0 Å². The standard InChI is InChI=1S/C20H25N5O2/c1-14(2)25-12-21-18-10-16(4-5-17(18)20(25)26)24-8-6-23(7-9-24)11-19-15(3)27-13-22-19/h4-5,10,12-14H,6-9,11H2,1-3H3. The van der Waals surface area contributed by atoms with Gasteiger partial charge in [-0.05, 0) is 39.0 Å². The highest BCUT2D eigenvalue weighted by Gasteiger charge is 2.19. The van der Waals surface area contributed by atoms with Crippen LogP contribution in [-0.2, 0) is 6.54 Å². The van der Waals surface area contributed by atoms with E-state index in [9.17, 15) is 4.79 Å². The maximum atomic E-state index is 12.6. The number of aromatic nitrogens is 3. The highest BCUT2D eigenvalue weighted by Crippen LogP contribution is 2.21. The summed E-state index contributed by atoms with van der Waals surface area (Å²) in [7, 11) is 0. The summed E-state index contributed by atoms with van der Waals surface area (Å²) in [6.45, 7) is 10.6. The van der Waals surface area contributed by atoms with Crippen molar-refractivity contribution in [3.63, 3.8) is 0 Å². The normalized spacial score (nSPS) is 15.8. The van der Waals surface area contributed by atoms with Gasteiger partial charge in [-0.15, -0.1) is 0 Å². The third-order valence-corrected chi connectivity index (χ3v) is 5.28. The molecular formula is C20H25N5O2. The van der Waals surface area contributed by atoms with Crippen LogP contribution in [0.4, 0.5) is 5.69 Å². The van der Waals surface area contributed by atoms with E-state index in [1.165, 1.54) is 6.39 Å². The Hall–Kier alpha value is -2.67. The molecule has 1 saturated heterocycles. The van der Waals surface area contributed by atoms with Gasteiger partial charge in [0.1, 0.15) is 5.76 Å². The fourth-order valence-corrected chi connectivity index (χ4v) is 3.54. The number of hydrogen-bond acceptors (Lipinski definition) is 6. The number of benzene rings is 1. The Labute approximate surface area is 158 Å². The number of rotatable bonds is 4. The van der Waals surface area contributed by atoms with Gasteiger partial charge in [-0.2, -0.15) is 0 Å². The van der Waals surface area contributed by atoms with E-state index in [1.807, 2.05) is 39.0 Å². The number of fused-ring (bicyclic) bond motifs is 1. The van der Waals surface area contributed by atoms with Crippen LogP contribution in [0.15, 0.2) is 40.1 Å². The van der Waals surface area contributed by atoms with Gasteiger partial charge in [-0.25, -0.2) is 9.97 Å². The number of oxazole rings is 1. The molecule has 4 rings (SSSR count). The molecule has 0 amide bonds. The van der Waals surface area contributed by atoms with E-state index in [0.29, 0.717) is 5.39 Å². The van der Waals surface area contributed by atoms with Crippen LogP contribution in [0.1, 0.15) is 31.3 Å². The van der Waals surface area contributed by atoms with Crippen molar-refractivity contribution < 1.29 is 4.42 Å². The second-order valence-electron chi connectivity index (χ2n) is 7.37. The van der Waals surface area contributed by atoms with Crippen molar-refractivity contribution in [2.75, 3.05) is 31.1 Å². The summed E-state index contributed by atoms with van der Waals surface area (Å²) in [4.78, 5) is 26.1. The van der Waals surface area contributed by atoms with Crippen LogP contribution in [0.25, 0.3) is 10.9 Å². The van der Waals surface area contributed by atoms with Crippen LogP contribution >= 0.6 is 0 Å². The van der Waals surface area contributed by atoms with Gasteiger partial charge in [-0.3, -0.25) is 14.3 Å². The third-order valence-electron chi connectivity index (χ3n) is 5.28. The van der Waals surface area contributed by atoms with E-state index in [0.717, 1.165) is 55.4 Å². The maximum absolute atomic E-state index is 12.6. The molecule has 142 valence electrons. The van der Waals surface area contributed by atoms with Crippen molar-refractivity contribution in [1.29, 1.82) is 0 Å². The fraction of sp³-hybridized carbons (Fsp3) is 0.450. The van der Waals surface area contributed by atoms with Crippen LogP contribution in [0.5, 0.6) is 0 Å². The van der Waals surface area contributed by atoms with Gasteiger partial charge < -0.3 is 9.32 Å². The van der Waals surface area contributed by atoms with Crippen molar-refractivity contribution in [2.45, 2.75) is 33.4 Å². The molecule has 3 heterocycles. The number of aryl methyl sites for hydroxylation is 1. The van der Waals surface area contributed by atoms with E-state index >= 15 is 0 Å². The van der Waals surface area contributed by atoms with E-state index in [1.54, 1.807) is 10.9 Å². The van der Waals surface area contributed by atoms with Crippen molar-refractivity contribution in [1.82, 2.24) is 19.4 Å². The summed E-state index contributed by atoms with van der Waals surface area (Å²) in [5.74, 6) is 0.894. The van der Waals surface area contributed by atoms with Crippen LogP contribution < -0.4 is 10.5 Å². The summed E-state index contributed by atoms with van der Waals surface area (Å²) >= 11 is 0. The molecule has 0 radical (unpaired) electrons. The fourth-order valence-electron chi connectivity index (χ4n) is 3.54. The van der Waals surface area contributed by atoms with E-state index in [2.05, 4.69) is 19.8 Å². The minimum atomic E-state index is 0.0225. The molecule has 0 spiro atoms. The molecule has 1 aromatic carbocycles. The number of nitrogens with zero attached hydrogens (tertiary/aromatic N) is 5. The molecule has 1 fully saturated rings. The first kappa shape index (κ1) is 17.7. The first-order valence-electron chi connectivity index (χ1n) is 9.40. The SMILES string of the molecule is Cc1ocnc1CN1CCN(c2ccc3c(=O)n(C(C)C)cnc3c2)CC1. The molecule has 2 aromatic heterocycles. The number of anilines is 1. The zero-order valence-corrected chi connectivity index (χ0v) is 16.1. The van der Waals surface area contributed by atoms with E-state index < -0.39 is 0 Å². The minimum Gasteiger partial charge on any atom is -0.448 e. The predicted molar refractivity (Wildman–Crippen MR) is 105 cm³/mol. The Morgan fingerprint density at radius 1 is 1.15 bits per heavy atom. The minimum absolute atomic E-state index is 0.0225. The van der Waals surface area contributed by atoms with E-state index in [-0.39, 0.29) is 11.6 Å². The zero-order chi connectivity index (χ0) is 19.0. The maximum Gasteiger partial charge on any atom is 0.261 e. The van der Waals surface area contributed by atoms with Gasteiger partial charge >= 0.3 is 0 Å². The van der Waals surface area contributed by atoms with Crippen molar-refractivity contribution in [3.05, 3.63) is 52.7 Å². The lowest BCUT2D eigenvalue weighted by molar-refractivity contribution is 0.246. The van der Waals surface area contributed by atoms with Crippen molar-refractivity contribution in [2.24, 2.45) is 0 Å². The van der Waals surface area contributed by atoms with Crippen molar-refractivity contribution >= 4 is 16.6 Å². The first-order chi connectivity index (χ1) is 13.0. The number of piperazine rings is 1. The van der Waals surface area contributed by atoms with Gasteiger partial charge in [0.2, 0.25) is 0 Å². The summed E-state index contributed by atoms with van der Waals surface area (Å²) in [5.41, 5.74) is 2.91. The monoisotopic (exact) mass is 367 g/mol. The average molecular weight is 367 g/mol. The predicted octanol–water partition coefficient (Wildman–Crippen LogP) is 2.60. The Bertz CT molecular complexity index is 999. The van der Waals surface area contributed by atoms with Gasteiger partial charge in [0.15, 0.2) is 6.39 Å². The summed E-state index contributed by atoms with van der Waals surface area (Å²) in [5, 5.41) is 0.676. The molecule has 0 aliphatic carbocycles. The second kappa shape index (κ2) is 7.15. The molecule has 0 saturated carbocycles. The summed E-state index contributed by atoms with van der Waals surface area (Å²) in [6.07, 6.45) is 3.16. The quantitative estimate of drug-likeness (QED) is 0.706. The lowest BCUT2D eigenvalue weighted by Crippen LogP contribution is -2.46. The molecule has 0 N–H and O–H groups in total. The first-order valence-corrected chi connectivity index (χ1v) is 9.40. The molecule has 0 bridgehead atoms. The topological polar surface area (TPSA) is 67.4 Å². The van der Waals surface area contributed by atoms with Gasteiger partial charge in [-0.1, -0.05) is 0 Å². The molecule has 0 unspecified atom stereocenters. The third kappa shape index (κ3) is 3.47. The van der Waals surface area contributed by atoms with Crippen LogP contribution in [0.3, 0.4) is 0 Å². The summed E-state index contributed by atoms with van der Waals surface area (Å²) in [6, 6.07) is 6.08. The molecule has 7 nitrogen and oxygen atoms in total. The van der Waals surface area contributed by atoms with Crippen molar-refractivity contribution in [3.8, 4) is 0 Å². The van der Waals surface area contributed by atoms with Crippen LogP contribution in [0, 0.1) is 6.92 Å². The lowest BCUT2D eigenvalue weighted by Gasteiger charge is -2.35. The molecule has 27 heavy (non-hydrogen) atoms. The zero-order valence-electron chi connectivity index (χ0n) is 16.1. The highest BCUT2D eigenvalue weighted by molar-refractivity contribution is 5.81. The molecular weight excluding hydrogens is 342 g/mol. The van der Waals surface area contributed by atoms with Gasteiger partial charge in [0, 0.05) is 44.5 Å². The van der Waals surface area contributed by atoms with E-state index in [4.69, 9.17) is 4.42 Å². The molecule has 7 heteroatoms. The lowest BCUT2D eigenvalue weighted by atomic mass is 10.2. The Morgan fingerprint density at radius 3 is 2.59 bits per heavy atom. The Balaban J connectivity index is 1.48. The molecule has 0 atom stereocenters. The average Bonchev–Trinajstić information content (AvgIpc) is 3.07. The largest absolute Gasteiger partial charge is 0.448 e. The Kier molecular flexibility index (Phi) is 4.70. The highest BCUT2D eigenvalue weighted by atomic mass is 16.3.